The van der Waals surface area contributed by atoms with Gasteiger partial charge >= 0.3 is 0 Å². The molecule has 4 rings (SSSR count). The summed E-state index contributed by atoms with van der Waals surface area (Å²) in [7, 11) is 0. The molecule has 0 aliphatic carbocycles. The van der Waals surface area contributed by atoms with Gasteiger partial charge in [-0.15, -0.1) is 11.8 Å². The Balaban J connectivity index is 1.53. The highest BCUT2D eigenvalue weighted by molar-refractivity contribution is 7.98. The number of thioether (sulfide) groups is 1. The van der Waals surface area contributed by atoms with Crippen LogP contribution in [0.15, 0.2) is 77.7 Å². The molecule has 1 aromatic heterocycles. The number of benzene rings is 3. The lowest BCUT2D eigenvalue weighted by Crippen LogP contribution is -2.14. The smallest absolute Gasteiger partial charge is 0.259 e. The molecule has 4 aromatic rings. The highest BCUT2D eigenvalue weighted by Crippen LogP contribution is 2.28. The summed E-state index contributed by atoms with van der Waals surface area (Å²) in [4.78, 5) is 21.0. The van der Waals surface area contributed by atoms with Gasteiger partial charge in [-0.05, 0) is 35.9 Å². The summed E-state index contributed by atoms with van der Waals surface area (Å²) < 4.78 is 13.8. The average Bonchev–Trinajstić information content (AvgIpc) is 3.10. The van der Waals surface area contributed by atoms with E-state index in [1.165, 1.54) is 17.8 Å². The number of nitrogens with zero attached hydrogens (tertiary/aromatic N) is 1. The van der Waals surface area contributed by atoms with Gasteiger partial charge in [-0.1, -0.05) is 42.5 Å². The first-order chi connectivity index (χ1) is 13.2. The van der Waals surface area contributed by atoms with E-state index in [9.17, 15) is 9.18 Å². The van der Waals surface area contributed by atoms with E-state index in [-0.39, 0.29) is 11.7 Å². The molecular weight excluding hydrogens is 361 g/mol. The first-order valence-electron chi connectivity index (χ1n) is 8.42. The lowest BCUT2D eigenvalue weighted by atomic mass is 10.2. The van der Waals surface area contributed by atoms with Crippen LogP contribution >= 0.6 is 11.8 Å². The lowest BCUT2D eigenvalue weighted by molar-refractivity contribution is 0.102. The quantitative estimate of drug-likeness (QED) is 0.467. The Morgan fingerprint density at radius 3 is 2.59 bits per heavy atom. The molecule has 0 atom stereocenters. The van der Waals surface area contributed by atoms with Crippen molar-refractivity contribution >= 4 is 34.7 Å². The number of aromatic amines is 1. The number of rotatable bonds is 5. The van der Waals surface area contributed by atoms with Crippen LogP contribution in [0, 0.1) is 5.82 Å². The van der Waals surface area contributed by atoms with Gasteiger partial charge in [0.25, 0.3) is 5.91 Å². The van der Waals surface area contributed by atoms with Gasteiger partial charge in [0.1, 0.15) is 5.82 Å². The monoisotopic (exact) mass is 377 g/mol. The molecular formula is C21H16FN3OS. The summed E-state index contributed by atoms with van der Waals surface area (Å²) in [5.74, 6) is 0.344. The molecule has 4 nitrogen and oxygen atoms in total. The molecule has 6 heteroatoms. The standard InChI is InChI=1S/C21H16FN3OS/c22-16-9-3-1-7-14(16)13-27-19-12-6-2-8-15(19)20(26)25-21-23-17-10-4-5-11-18(17)24-21/h1-12H,13H2,(H2,23,24,25,26). The second-order valence-corrected chi connectivity index (χ2v) is 6.95. The minimum absolute atomic E-state index is 0.241. The van der Waals surface area contributed by atoms with Crippen molar-refractivity contribution in [3.63, 3.8) is 0 Å². The van der Waals surface area contributed by atoms with Crippen LogP contribution < -0.4 is 5.32 Å². The molecule has 0 aliphatic heterocycles. The molecule has 0 aliphatic rings. The predicted molar refractivity (Wildman–Crippen MR) is 106 cm³/mol. The zero-order chi connectivity index (χ0) is 18.6. The Labute approximate surface area is 159 Å². The topological polar surface area (TPSA) is 57.8 Å². The van der Waals surface area contributed by atoms with Crippen molar-refractivity contribution in [2.24, 2.45) is 0 Å². The number of hydrogen-bond donors (Lipinski definition) is 2. The van der Waals surface area contributed by atoms with Crippen LogP contribution in [0.1, 0.15) is 15.9 Å². The summed E-state index contributed by atoms with van der Waals surface area (Å²) in [6.07, 6.45) is 0. The Morgan fingerprint density at radius 1 is 1.00 bits per heavy atom. The first kappa shape index (κ1) is 17.3. The number of carbonyl (C=O) groups is 1. The van der Waals surface area contributed by atoms with Crippen LogP contribution in [0.4, 0.5) is 10.3 Å². The van der Waals surface area contributed by atoms with Gasteiger partial charge < -0.3 is 4.98 Å². The number of hydrogen-bond acceptors (Lipinski definition) is 3. The fourth-order valence-corrected chi connectivity index (χ4v) is 3.77. The number of para-hydroxylation sites is 2. The van der Waals surface area contributed by atoms with Crippen molar-refractivity contribution in [1.82, 2.24) is 9.97 Å². The third kappa shape index (κ3) is 3.85. The van der Waals surface area contributed by atoms with Crippen LogP contribution in [-0.4, -0.2) is 15.9 Å². The van der Waals surface area contributed by atoms with E-state index in [0.717, 1.165) is 15.9 Å². The van der Waals surface area contributed by atoms with Gasteiger partial charge in [-0.25, -0.2) is 9.37 Å². The summed E-state index contributed by atoms with van der Waals surface area (Å²) in [5, 5.41) is 2.80. The summed E-state index contributed by atoms with van der Waals surface area (Å²) in [6.45, 7) is 0. The zero-order valence-corrected chi connectivity index (χ0v) is 15.1. The molecule has 2 N–H and O–H groups in total. The van der Waals surface area contributed by atoms with Crippen LogP contribution in [-0.2, 0) is 5.75 Å². The molecule has 0 bridgehead atoms. The number of imidazole rings is 1. The molecule has 0 saturated carbocycles. The Bertz CT molecular complexity index is 1080. The highest BCUT2D eigenvalue weighted by atomic mass is 32.2. The summed E-state index contributed by atoms with van der Waals surface area (Å²) in [5.41, 5.74) is 2.78. The van der Waals surface area contributed by atoms with E-state index in [2.05, 4.69) is 15.3 Å². The maximum absolute atomic E-state index is 13.8. The van der Waals surface area contributed by atoms with Gasteiger partial charge in [0.2, 0.25) is 5.95 Å². The van der Waals surface area contributed by atoms with Crippen molar-refractivity contribution in [3.8, 4) is 0 Å². The number of H-pyrrole nitrogens is 1. The van der Waals surface area contributed by atoms with Crippen molar-refractivity contribution < 1.29 is 9.18 Å². The molecule has 1 heterocycles. The number of carbonyl (C=O) groups excluding carboxylic acids is 1. The van der Waals surface area contributed by atoms with Gasteiger partial charge in [-0.2, -0.15) is 0 Å². The minimum atomic E-state index is -0.259. The normalized spacial score (nSPS) is 10.9. The fourth-order valence-electron chi connectivity index (χ4n) is 2.74. The second kappa shape index (κ2) is 7.63. The molecule has 3 aromatic carbocycles. The zero-order valence-electron chi connectivity index (χ0n) is 14.3. The van der Waals surface area contributed by atoms with E-state index in [4.69, 9.17) is 0 Å². The average molecular weight is 377 g/mol. The van der Waals surface area contributed by atoms with E-state index in [1.807, 2.05) is 36.4 Å². The largest absolute Gasteiger partial charge is 0.324 e. The van der Waals surface area contributed by atoms with Crippen molar-refractivity contribution in [2.75, 3.05) is 5.32 Å². The molecule has 0 saturated heterocycles. The number of amides is 1. The molecule has 134 valence electrons. The molecule has 1 amide bonds. The Hall–Kier alpha value is -3.12. The molecule has 27 heavy (non-hydrogen) atoms. The van der Waals surface area contributed by atoms with Crippen molar-refractivity contribution in [3.05, 3.63) is 89.7 Å². The molecule has 0 fully saturated rings. The van der Waals surface area contributed by atoms with E-state index < -0.39 is 0 Å². The van der Waals surface area contributed by atoms with E-state index >= 15 is 0 Å². The molecule has 0 unspecified atom stereocenters. The Kier molecular flexibility index (Phi) is 4.89. The number of nitrogens with one attached hydrogen (secondary N) is 2. The number of aromatic nitrogens is 2. The van der Waals surface area contributed by atoms with E-state index in [0.29, 0.717) is 22.8 Å². The number of anilines is 1. The summed E-state index contributed by atoms with van der Waals surface area (Å²) in [6, 6.07) is 21.5. The minimum Gasteiger partial charge on any atom is -0.324 e. The van der Waals surface area contributed by atoms with Gasteiger partial charge in [0.15, 0.2) is 0 Å². The third-order valence-electron chi connectivity index (χ3n) is 4.09. The van der Waals surface area contributed by atoms with Crippen molar-refractivity contribution in [2.45, 2.75) is 10.6 Å². The maximum Gasteiger partial charge on any atom is 0.259 e. The highest BCUT2D eigenvalue weighted by Gasteiger charge is 2.14. The lowest BCUT2D eigenvalue weighted by Gasteiger charge is -2.09. The predicted octanol–water partition coefficient (Wildman–Crippen LogP) is 5.25. The van der Waals surface area contributed by atoms with Gasteiger partial charge in [0.05, 0.1) is 16.6 Å². The van der Waals surface area contributed by atoms with Gasteiger partial charge in [0, 0.05) is 10.6 Å². The van der Waals surface area contributed by atoms with Crippen LogP contribution in [0.2, 0.25) is 0 Å². The summed E-state index contributed by atoms with van der Waals surface area (Å²) >= 11 is 1.43. The first-order valence-corrected chi connectivity index (χ1v) is 9.40. The van der Waals surface area contributed by atoms with Crippen LogP contribution in [0.3, 0.4) is 0 Å². The number of fused-ring (bicyclic) bond motifs is 1. The van der Waals surface area contributed by atoms with Crippen LogP contribution in [0.5, 0.6) is 0 Å². The van der Waals surface area contributed by atoms with Crippen molar-refractivity contribution in [1.29, 1.82) is 0 Å². The molecule has 0 spiro atoms. The van der Waals surface area contributed by atoms with Crippen LogP contribution in [0.25, 0.3) is 11.0 Å². The SMILES string of the molecule is O=C(Nc1nc2ccccc2[nH]1)c1ccccc1SCc1ccccc1F. The molecule has 0 radical (unpaired) electrons. The van der Waals surface area contributed by atoms with Gasteiger partial charge in [-0.3, -0.25) is 10.1 Å². The maximum atomic E-state index is 13.8. The fraction of sp³-hybridized carbons (Fsp3) is 0.0476. The second-order valence-electron chi connectivity index (χ2n) is 5.93. The third-order valence-corrected chi connectivity index (χ3v) is 5.22. The number of halogens is 1. The Morgan fingerprint density at radius 2 is 1.74 bits per heavy atom. The van der Waals surface area contributed by atoms with E-state index in [1.54, 1.807) is 30.3 Å².